The standard InChI is InChI=1S/C17H18ClF2N3O2/c1-3-23-10-14(18)15(21-23)11-22(2)16(24)9-6-12-4-7-13(8-5-12)25-17(19)20/h4-10,17H,3,11H2,1-2H3/b9-6-. The third-order valence-electron chi connectivity index (χ3n) is 3.40. The first-order valence-electron chi connectivity index (χ1n) is 7.59. The second-order valence-electron chi connectivity index (χ2n) is 5.25. The molecule has 0 saturated carbocycles. The van der Waals surface area contributed by atoms with E-state index < -0.39 is 6.61 Å². The lowest BCUT2D eigenvalue weighted by molar-refractivity contribution is -0.125. The highest BCUT2D eigenvalue weighted by Crippen LogP contribution is 2.17. The highest BCUT2D eigenvalue weighted by Gasteiger charge is 2.12. The molecule has 0 radical (unpaired) electrons. The molecule has 1 aromatic carbocycles. The maximum atomic E-state index is 12.2. The van der Waals surface area contributed by atoms with Crippen LogP contribution in [-0.2, 0) is 17.9 Å². The number of carbonyl (C=O) groups is 1. The zero-order valence-electron chi connectivity index (χ0n) is 13.8. The monoisotopic (exact) mass is 369 g/mol. The van der Waals surface area contributed by atoms with E-state index in [1.54, 1.807) is 36.1 Å². The van der Waals surface area contributed by atoms with Gasteiger partial charge in [0, 0.05) is 25.9 Å². The summed E-state index contributed by atoms with van der Waals surface area (Å²) in [6.07, 6.45) is 4.71. The Morgan fingerprint density at radius 3 is 2.64 bits per heavy atom. The summed E-state index contributed by atoms with van der Waals surface area (Å²) >= 11 is 6.09. The second kappa shape index (κ2) is 8.62. The summed E-state index contributed by atoms with van der Waals surface area (Å²) in [6, 6.07) is 6.00. The van der Waals surface area contributed by atoms with Crippen LogP contribution in [0, 0.1) is 0 Å². The van der Waals surface area contributed by atoms with Crippen LogP contribution in [0.25, 0.3) is 6.08 Å². The number of ether oxygens (including phenoxy) is 1. The van der Waals surface area contributed by atoms with Crippen molar-refractivity contribution in [2.45, 2.75) is 26.6 Å². The highest BCUT2D eigenvalue weighted by molar-refractivity contribution is 6.31. The molecule has 0 atom stereocenters. The molecule has 134 valence electrons. The molecule has 25 heavy (non-hydrogen) atoms. The second-order valence-corrected chi connectivity index (χ2v) is 5.66. The fourth-order valence-corrected chi connectivity index (χ4v) is 2.27. The molecule has 8 heteroatoms. The number of hydrogen-bond donors (Lipinski definition) is 0. The van der Waals surface area contributed by atoms with Gasteiger partial charge in [-0.25, -0.2) is 0 Å². The van der Waals surface area contributed by atoms with Gasteiger partial charge in [0.25, 0.3) is 0 Å². The summed E-state index contributed by atoms with van der Waals surface area (Å²) in [6.45, 7) is 0.0702. The van der Waals surface area contributed by atoms with Gasteiger partial charge in [-0.1, -0.05) is 23.7 Å². The first-order chi connectivity index (χ1) is 11.9. The Morgan fingerprint density at radius 2 is 2.08 bits per heavy atom. The normalized spacial score (nSPS) is 11.3. The largest absolute Gasteiger partial charge is 0.435 e. The van der Waals surface area contributed by atoms with Gasteiger partial charge in [0.15, 0.2) is 0 Å². The fraction of sp³-hybridized carbons (Fsp3) is 0.294. The van der Waals surface area contributed by atoms with Crippen molar-refractivity contribution in [2.24, 2.45) is 0 Å². The summed E-state index contributed by atoms with van der Waals surface area (Å²) < 4.78 is 30.2. The predicted molar refractivity (Wildman–Crippen MR) is 91.5 cm³/mol. The zero-order valence-corrected chi connectivity index (χ0v) is 14.6. The van der Waals surface area contributed by atoms with Gasteiger partial charge in [-0.3, -0.25) is 9.48 Å². The van der Waals surface area contributed by atoms with E-state index in [2.05, 4.69) is 9.84 Å². The third kappa shape index (κ3) is 5.56. The van der Waals surface area contributed by atoms with Crippen LogP contribution in [0.15, 0.2) is 36.5 Å². The topological polar surface area (TPSA) is 47.4 Å². The number of amides is 1. The Bertz CT molecular complexity index is 745. The van der Waals surface area contributed by atoms with E-state index >= 15 is 0 Å². The van der Waals surface area contributed by atoms with E-state index in [-0.39, 0.29) is 18.2 Å². The number of likely N-dealkylation sites (N-methyl/N-ethyl adjacent to an activating group) is 1. The molecule has 5 nitrogen and oxygen atoms in total. The van der Waals surface area contributed by atoms with Crippen LogP contribution in [0.1, 0.15) is 18.2 Å². The summed E-state index contributed by atoms with van der Waals surface area (Å²) in [7, 11) is 1.65. The number of benzene rings is 1. The van der Waals surface area contributed by atoms with E-state index in [0.29, 0.717) is 22.8 Å². The lowest BCUT2D eigenvalue weighted by Crippen LogP contribution is -2.24. The molecule has 0 fully saturated rings. The molecule has 1 heterocycles. The predicted octanol–water partition coefficient (Wildman–Crippen LogP) is 3.83. The van der Waals surface area contributed by atoms with Crippen LogP contribution in [0.5, 0.6) is 5.75 Å². The van der Waals surface area contributed by atoms with Crippen molar-refractivity contribution in [2.75, 3.05) is 7.05 Å². The lowest BCUT2D eigenvalue weighted by Gasteiger charge is -2.13. The molecule has 0 saturated heterocycles. The van der Waals surface area contributed by atoms with Crippen molar-refractivity contribution < 1.29 is 18.3 Å². The molecule has 0 aliphatic carbocycles. The van der Waals surface area contributed by atoms with Crippen molar-refractivity contribution in [1.82, 2.24) is 14.7 Å². The first-order valence-corrected chi connectivity index (χ1v) is 7.96. The molecule has 0 bridgehead atoms. The van der Waals surface area contributed by atoms with Gasteiger partial charge in [0.05, 0.1) is 11.6 Å². The molecule has 0 unspecified atom stereocenters. The van der Waals surface area contributed by atoms with Crippen LogP contribution >= 0.6 is 11.6 Å². The maximum Gasteiger partial charge on any atom is 0.387 e. The van der Waals surface area contributed by atoms with Crippen LogP contribution in [0.4, 0.5) is 8.78 Å². The minimum absolute atomic E-state index is 0.0664. The van der Waals surface area contributed by atoms with Gasteiger partial charge in [0.2, 0.25) is 5.91 Å². The molecule has 1 aromatic heterocycles. The Balaban J connectivity index is 1.95. The molecule has 2 rings (SSSR count). The molecule has 0 aliphatic heterocycles. The summed E-state index contributed by atoms with van der Waals surface area (Å²) in [5.74, 6) is -0.160. The molecular weight excluding hydrogens is 352 g/mol. The smallest absolute Gasteiger partial charge is 0.387 e. The van der Waals surface area contributed by atoms with Crippen molar-refractivity contribution in [3.8, 4) is 5.75 Å². The molecular formula is C17H18ClF2N3O2. The number of hydrogen-bond acceptors (Lipinski definition) is 3. The van der Waals surface area contributed by atoms with Gasteiger partial charge < -0.3 is 9.64 Å². The number of nitrogens with zero attached hydrogens (tertiary/aromatic N) is 3. The average molecular weight is 370 g/mol. The molecule has 2 aromatic rings. The number of halogens is 3. The van der Waals surface area contributed by atoms with Gasteiger partial charge in [-0.2, -0.15) is 13.9 Å². The van der Waals surface area contributed by atoms with Crippen molar-refractivity contribution in [3.63, 3.8) is 0 Å². The average Bonchev–Trinajstić information content (AvgIpc) is 2.93. The van der Waals surface area contributed by atoms with Gasteiger partial charge in [-0.15, -0.1) is 0 Å². The van der Waals surface area contributed by atoms with Gasteiger partial charge >= 0.3 is 6.61 Å². The minimum atomic E-state index is -2.86. The SMILES string of the molecule is CCn1cc(Cl)c(CN(C)C(=O)/C=C\c2ccc(OC(F)F)cc2)n1. The minimum Gasteiger partial charge on any atom is -0.435 e. The van der Waals surface area contributed by atoms with E-state index in [1.165, 1.54) is 23.1 Å². The Labute approximate surface area is 149 Å². The summed E-state index contributed by atoms with van der Waals surface area (Å²) in [5, 5.41) is 4.81. The summed E-state index contributed by atoms with van der Waals surface area (Å²) in [5.41, 5.74) is 1.32. The number of rotatable bonds is 7. The van der Waals surface area contributed by atoms with E-state index in [4.69, 9.17) is 11.6 Å². The Hall–Kier alpha value is -2.41. The van der Waals surface area contributed by atoms with Crippen LogP contribution in [0.2, 0.25) is 5.02 Å². The Kier molecular flexibility index (Phi) is 6.52. The number of alkyl halides is 2. The van der Waals surface area contributed by atoms with Crippen molar-refractivity contribution in [3.05, 3.63) is 52.8 Å². The number of aryl methyl sites for hydroxylation is 1. The number of aromatic nitrogens is 2. The zero-order chi connectivity index (χ0) is 18.4. The lowest BCUT2D eigenvalue weighted by atomic mass is 10.2. The molecule has 1 amide bonds. The maximum absolute atomic E-state index is 12.2. The first kappa shape index (κ1) is 18.9. The Morgan fingerprint density at radius 1 is 1.40 bits per heavy atom. The van der Waals surface area contributed by atoms with E-state index in [0.717, 1.165) is 0 Å². The van der Waals surface area contributed by atoms with E-state index in [9.17, 15) is 13.6 Å². The van der Waals surface area contributed by atoms with Crippen LogP contribution < -0.4 is 4.74 Å². The van der Waals surface area contributed by atoms with Gasteiger partial charge in [0.1, 0.15) is 11.4 Å². The molecule has 0 aliphatic rings. The molecule has 0 spiro atoms. The van der Waals surface area contributed by atoms with Crippen molar-refractivity contribution in [1.29, 1.82) is 0 Å². The van der Waals surface area contributed by atoms with Crippen LogP contribution in [-0.4, -0.2) is 34.2 Å². The molecule has 0 N–H and O–H groups in total. The highest BCUT2D eigenvalue weighted by atomic mass is 35.5. The third-order valence-corrected chi connectivity index (χ3v) is 3.71. The fourth-order valence-electron chi connectivity index (χ4n) is 2.06. The summed E-state index contributed by atoms with van der Waals surface area (Å²) in [4.78, 5) is 13.6. The van der Waals surface area contributed by atoms with E-state index in [1.807, 2.05) is 6.92 Å². The van der Waals surface area contributed by atoms with Gasteiger partial charge in [-0.05, 0) is 30.7 Å². The quantitative estimate of drug-likeness (QED) is 0.697. The number of carbonyl (C=O) groups excluding carboxylic acids is 1. The van der Waals surface area contributed by atoms with Crippen LogP contribution in [0.3, 0.4) is 0 Å². The van der Waals surface area contributed by atoms with Crippen molar-refractivity contribution >= 4 is 23.6 Å².